The Kier molecular flexibility index (Phi) is 14.2. The Bertz CT molecular complexity index is 1720. The molecule has 288 valence electrons. The number of carbonyl (C=O) groups is 5. The van der Waals surface area contributed by atoms with E-state index in [2.05, 4.69) is 26.3 Å². The Morgan fingerprint density at radius 1 is 0.792 bits per heavy atom. The molecule has 16 heteroatoms. The Morgan fingerprint density at radius 2 is 1.34 bits per heavy atom. The molecule has 5 amide bonds. The SMILES string of the molecule is CC(C(=O)NC(Cc1ccc(C(F)(F)F)cc1)C(=O)Nc1cnc2ccccc2c1)C(=O)N(CCNC(=O)OC(C)(C)C)CCNC(=O)OC(C)(C)C. The summed E-state index contributed by atoms with van der Waals surface area (Å²) in [6.45, 7) is 11.2. The van der Waals surface area contributed by atoms with Gasteiger partial charge in [0.1, 0.15) is 23.2 Å². The number of ether oxygens (including phenoxy) is 2. The number of alkyl carbamates (subject to hydrolysis) is 2. The Morgan fingerprint density at radius 3 is 1.87 bits per heavy atom. The van der Waals surface area contributed by atoms with Crippen molar-refractivity contribution in [3.8, 4) is 0 Å². The molecule has 0 spiro atoms. The van der Waals surface area contributed by atoms with Gasteiger partial charge in [0, 0.05) is 38.0 Å². The van der Waals surface area contributed by atoms with Gasteiger partial charge in [-0.1, -0.05) is 30.3 Å². The zero-order chi connectivity index (χ0) is 39.6. The van der Waals surface area contributed by atoms with Gasteiger partial charge in [-0.25, -0.2) is 9.59 Å². The fourth-order valence-electron chi connectivity index (χ4n) is 4.87. The minimum absolute atomic E-state index is 0.0554. The normalized spacial score (nSPS) is 12.9. The highest BCUT2D eigenvalue weighted by Gasteiger charge is 2.32. The van der Waals surface area contributed by atoms with Gasteiger partial charge in [0.05, 0.1) is 23.0 Å². The number of hydrogen-bond donors (Lipinski definition) is 4. The minimum Gasteiger partial charge on any atom is -0.444 e. The van der Waals surface area contributed by atoms with Gasteiger partial charge in [0.15, 0.2) is 0 Å². The zero-order valence-corrected chi connectivity index (χ0v) is 30.8. The zero-order valence-electron chi connectivity index (χ0n) is 30.8. The van der Waals surface area contributed by atoms with E-state index < -0.39 is 64.8 Å². The highest BCUT2D eigenvalue weighted by atomic mass is 19.4. The van der Waals surface area contributed by atoms with Gasteiger partial charge < -0.3 is 35.6 Å². The summed E-state index contributed by atoms with van der Waals surface area (Å²) in [4.78, 5) is 70.9. The Labute approximate surface area is 306 Å². The van der Waals surface area contributed by atoms with Crippen molar-refractivity contribution >= 4 is 46.5 Å². The molecule has 0 radical (unpaired) electrons. The van der Waals surface area contributed by atoms with Crippen molar-refractivity contribution in [1.82, 2.24) is 25.8 Å². The van der Waals surface area contributed by atoms with Crippen LogP contribution in [0.15, 0.2) is 60.8 Å². The number of pyridine rings is 1. The summed E-state index contributed by atoms with van der Waals surface area (Å²) in [6, 6.07) is 11.7. The number of nitrogens with zero attached hydrogens (tertiary/aromatic N) is 2. The van der Waals surface area contributed by atoms with E-state index in [-0.39, 0.29) is 32.6 Å². The van der Waals surface area contributed by atoms with E-state index in [0.717, 1.165) is 17.5 Å². The molecule has 53 heavy (non-hydrogen) atoms. The molecule has 0 aliphatic rings. The number of fused-ring (bicyclic) bond motifs is 1. The first kappa shape index (κ1) is 42.0. The first-order valence-corrected chi connectivity index (χ1v) is 17.0. The lowest BCUT2D eigenvalue weighted by Crippen LogP contribution is -2.51. The fraction of sp³-hybridized carbons (Fsp3) is 0.459. The molecule has 0 saturated carbocycles. The third-order valence-corrected chi connectivity index (χ3v) is 7.39. The van der Waals surface area contributed by atoms with Gasteiger partial charge in [0.25, 0.3) is 0 Å². The van der Waals surface area contributed by atoms with Crippen LogP contribution < -0.4 is 21.3 Å². The first-order valence-electron chi connectivity index (χ1n) is 17.0. The van der Waals surface area contributed by atoms with Crippen LogP contribution >= 0.6 is 0 Å². The molecular weight excluding hydrogens is 697 g/mol. The first-order chi connectivity index (χ1) is 24.6. The summed E-state index contributed by atoms with van der Waals surface area (Å²) in [6.07, 6.45) is -4.79. The molecule has 0 fully saturated rings. The van der Waals surface area contributed by atoms with Gasteiger partial charge in [-0.2, -0.15) is 13.2 Å². The van der Waals surface area contributed by atoms with Crippen LogP contribution in [0, 0.1) is 5.92 Å². The predicted molar refractivity (Wildman–Crippen MR) is 192 cm³/mol. The second kappa shape index (κ2) is 17.9. The lowest BCUT2D eigenvalue weighted by molar-refractivity contribution is -0.142. The maximum atomic E-state index is 13.7. The van der Waals surface area contributed by atoms with E-state index in [1.165, 1.54) is 30.2 Å². The van der Waals surface area contributed by atoms with Crippen molar-refractivity contribution in [2.45, 2.75) is 78.3 Å². The van der Waals surface area contributed by atoms with Gasteiger partial charge in [-0.15, -0.1) is 0 Å². The van der Waals surface area contributed by atoms with Crippen LogP contribution in [0.1, 0.15) is 59.6 Å². The summed E-state index contributed by atoms with van der Waals surface area (Å²) in [5.74, 6) is -3.60. The number of rotatable bonds is 13. The number of halogens is 3. The minimum atomic E-state index is -4.57. The van der Waals surface area contributed by atoms with Gasteiger partial charge in [-0.05, 0) is 78.3 Å². The van der Waals surface area contributed by atoms with E-state index in [0.29, 0.717) is 16.8 Å². The largest absolute Gasteiger partial charge is 0.444 e. The van der Waals surface area contributed by atoms with E-state index in [1.54, 1.807) is 65.8 Å². The molecule has 1 aromatic heterocycles. The molecule has 13 nitrogen and oxygen atoms in total. The Hall–Kier alpha value is -5.41. The number of anilines is 1. The molecular formula is C37H47F3N6O7. The molecule has 1 heterocycles. The third-order valence-electron chi connectivity index (χ3n) is 7.39. The molecule has 2 aromatic carbocycles. The van der Waals surface area contributed by atoms with Gasteiger partial charge >= 0.3 is 18.4 Å². The number of alkyl halides is 3. The van der Waals surface area contributed by atoms with E-state index >= 15 is 0 Å². The number of carbonyl (C=O) groups excluding carboxylic acids is 5. The summed E-state index contributed by atoms with van der Waals surface area (Å²) < 4.78 is 50.1. The Balaban J connectivity index is 1.79. The van der Waals surface area contributed by atoms with Crippen molar-refractivity contribution in [2.75, 3.05) is 31.5 Å². The highest BCUT2D eigenvalue weighted by Crippen LogP contribution is 2.29. The number of benzene rings is 2. The van der Waals surface area contributed by atoms with Crippen molar-refractivity contribution < 1.29 is 46.6 Å². The quantitative estimate of drug-likeness (QED) is 0.168. The maximum absolute atomic E-state index is 13.7. The standard InChI is InChI=1S/C37H47F3N6O7/c1-23(32(49)46(18-16-41-33(50)52-35(2,3)4)19-17-42-34(51)53-36(5,6)7)30(47)45-29(20-24-12-14-26(15-13-24)37(38,39)40)31(48)44-27-21-25-10-8-9-11-28(25)43-22-27/h8-15,21-23,29H,16-20H2,1-7H3,(H,41,50)(H,42,51)(H,44,48)(H,45,47). The second-order valence-electron chi connectivity index (χ2n) is 14.3. The summed E-state index contributed by atoms with van der Waals surface area (Å²) in [5.41, 5.74) is -1.10. The average Bonchev–Trinajstić information content (AvgIpc) is 3.04. The number of hydrogen-bond acceptors (Lipinski definition) is 8. The summed E-state index contributed by atoms with van der Waals surface area (Å²) in [5, 5.41) is 11.1. The number of amides is 5. The monoisotopic (exact) mass is 744 g/mol. The summed E-state index contributed by atoms with van der Waals surface area (Å²) in [7, 11) is 0. The van der Waals surface area contributed by atoms with Crippen molar-refractivity contribution in [3.63, 3.8) is 0 Å². The van der Waals surface area contributed by atoms with E-state index in [1.807, 2.05) is 6.07 Å². The molecule has 4 N–H and O–H groups in total. The van der Waals surface area contributed by atoms with Crippen LogP contribution in [0.3, 0.4) is 0 Å². The van der Waals surface area contributed by atoms with Crippen LogP contribution in [0.5, 0.6) is 0 Å². The summed E-state index contributed by atoms with van der Waals surface area (Å²) >= 11 is 0. The van der Waals surface area contributed by atoms with Crippen molar-refractivity contribution in [2.24, 2.45) is 5.92 Å². The number of nitrogens with one attached hydrogen (secondary N) is 4. The van der Waals surface area contributed by atoms with E-state index in [4.69, 9.17) is 9.47 Å². The van der Waals surface area contributed by atoms with Crippen molar-refractivity contribution in [3.05, 3.63) is 71.9 Å². The van der Waals surface area contributed by atoms with Crippen LogP contribution in [-0.2, 0) is 36.5 Å². The molecule has 3 rings (SSSR count). The topological polar surface area (TPSA) is 168 Å². The molecule has 0 aliphatic carbocycles. The fourth-order valence-corrected chi connectivity index (χ4v) is 4.87. The molecule has 0 aliphatic heterocycles. The lowest BCUT2D eigenvalue weighted by atomic mass is 10.0. The molecule has 0 bridgehead atoms. The van der Waals surface area contributed by atoms with Crippen LogP contribution in [0.4, 0.5) is 28.4 Å². The average molecular weight is 745 g/mol. The van der Waals surface area contributed by atoms with Gasteiger partial charge in [0.2, 0.25) is 17.7 Å². The highest BCUT2D eigenvalue weighted by molar-refractivity contribution is 6.03. The lowest BCUT2D eigenvalue weighted by Gasteiger charge is -2.27. The maximum Gasteiger partial charge on any atom is 0.416 e. The molecule has 0 saturated heterocycles. The van der Waals surface area contributed by atoms with E-state index in [9.17, 15) is 37.1 Å². The molecule has 2 unspecified atom stereocenters. The second-order valence-corrected chi connectivity index (χ2v) is 14.3. The van der Waals surface area contributed by atoms with Crippen LogP contribution in [-0.4, -0.2) is 83.2 Å². The van der Waals surface area contributed by atoms with Gasteiger partial charge in [-0.3, -0.25) is 19.4 Å². The number of para-hydroxylation sites is 1. The predicted octanol–water partition coefficient (Wildman–Crippen LogP) is 5.43. The van der Waals surface area contributed by atoms with Crippen LogP contribution in [0.2, 0.25) is 0 Å². The van der Waals surface area contributed by atoms with Crippen molar-refractivity contribution in [1.29, 1.82) is 0 Å². The number of aromatic nitrogens is 1. The third kappa shape index (κ3) is 14.3. The molecule has 3 aromatic rings. The van der Waals surface area contributed by atoms with Crippen LogP contribution in [0.25, 0.3) is 10.9 Å². The molecule has 2 atom stereocenters. The smallest absolute Gasteiger partial charge is 0.416 e.